The largest absolute Gasteiger partial charge is 0.497 e. The minimum absolute atomic E-state index is 0.122. The van der Waals surface area contributed by atoms with E-state index in [2.05, 4.69) is 31.5 Å². The number of carbonyl (C=O) groups is 2. The number of methoxy groups -OCH3 is 2. The van der Waals surface area contributed by atoms with Crippen LogP contribution in [-0.2, 0) is 15.1 Å². The van der Waals surface area contributed by atoms with Crippen molar-refractivity contribution in [3.05, 3.63) is 46.4 Å². The van der Waals surface area contributed by atoms with Crippen LogP contribution < -0.4 is 20.1 Å². The molecule has 3 heterocycles. The molecule has 0 aromatic heterocycles. The SMILES string of the molecule is COc1ccc(OC)c(NC(=O)C2CC3CCCN3C23C(=O)Nc2ccc(Br)cc23)c1. The molecule has 162 valence electrons. The van der Waals surface area contributed by atoms with E-state index < -0.39 is 11.5 Å². The molecule has 8 heteroatoms. The molecule has 2 saturated heterocycles. The van der Waals surface area contributed by atoms with Crippen molar-refractivity contribution in [2.75, 3.05) is 31.4 Å². The molecule has 2 amide bonds. The van der Waals surface area contributed by atoms with Gasteiger partial charge in [0.15, 0.2) is 0 Å². The van der Waals surface area contributed by atoms with Gasteiger partial charge in [0, 0.05) is 27.8 Å². The second-order valence-corrected chi connectivity index (χ2v) is 9.16. The summed E-state index contributed by atoms with van der Waals surface area (Å²) in [5.74, 6) is 0.322. The van der Waals surface area contributed by atoms with Crippen molar-refractivity contribution in [1.29, 1.82) is 0 Å². The minimum atomic E-state index is -1.00. The first-order chi connectivity index (χ1) is 15.0. The fourth-order valence-electron chi connectivity index (χ4n) is 5.53. The number of hydrogen-bond acceptors (Lipinski definition) is 5. The Morgan fingerprint density at radius 1 is 1.23 bits per heavy atom. The summed E-state index contributed by atoms with van der Waals surface area (Å²) in [5.41, 5.74) is 1.17. The Labute approximate surface area is 189 Å². The van der Waals surface area contributed by atoms with Crippen LogP contribution in [0.4, 0.5) is 11.4 Å². The standard InChI is InChI=1S/C23H24BrN3O4/c1-30-15-6-8-20(31-2)19(12-15)25-21(28)17-11-14-4-3-9-27(14)23(17)16-10-13(24)5-7-18(16)26-22(23)29/h5-8,10,12,14,17H,3-4,9,11H2,1-2H3,(H,25,28)(H,26,29). The van der Waals surface area contributed by atoms with E-state index in [1.165, 1.54) is 0 Å². The molecule has 3 aliphatic heterocycles. The van der Waals surface area contributed by atoms with Crippen molar-refractivity contribution < 1.29 is 19.1 Å². The predicted octanol–water partition coefficient (Wildman–Crippen LogP) is 3.74. The zero-order chi connectivity index (χ0) is 21.8. The number of carbonyl (C=O) groups excluding carboxylic acids is 2. The van der Waals surface area contributed by atoms with E-state index in [0.29, 0.717) is 23.6 Å². The first kappa shape index (κ1) is 20.3. The lowest BCUT2D eigenvalue weighted by molar-refractivity contribution is -0.135. The number of halogens is 1. The average Bonchev–Trinajstić information content (AvgIpc) is 3.42. The molecule has 3 aliphatic rings. The predicted molar refractivity (Wildman–Crippen MR) is 120 cm³/mol. The molecule has 3 atom stereocenters. The Morgan fingerprint density at radius 3 is 2.84 bits per heavy atom. The zero-order valence-electron chi connectivity index (χ0n) is 17.4. The van der Waals surface area contributed by atoms with Crippen LogP contribution >= 0.6 is 15.9 Å². The molecule has 0 bridgehead atoms. The van der Waals surface area contributed by atoms with Crippen molar-refractivity contribution in [1.82, 2.24) is 4.90 Å². The van der Waals surface area contributed by atoms with Crippen molar-refractivity contribution in [3.8, 4) is 11.5 Å². The summed E-state index contributed by atoms with van der Waals surface area (Å²) < 4.78 is 11.6. The molecule has 2 aromatic carbocycles. The summed E-state index contributed by atoms with van der Waals surface area (Å²) in [7, 11) is 3.13. The van der Waals surface area contributed by atoms with Gasteiger partial charge in [-0.2, -0.15) is 0 Å². The van der Waals surface area contributed by atoms with E-state index in [1.807, 2.05) is 18.2 Å². The minimum Gasteiger partial charge on any atom is -0.497 e. The van der Waals surface area contributed by atoms with Crippen LogP contribution in [0.25, 0.3) is 0 Å². The number of nitrogens with one attached hydrogen (secondary N) is 2. The molecular formula is C23H24BrN3O4. The molecule has 31 heavy (non-hydrogen) atoms. The van der Waals surface area contributed by atoms with E-state index in [0.717, 1.165) is 35.1 Å². The van der Waals surface area contributed by atoms with Crippen molar-refractivity contribution in [2.45, 2.75) is 30.8 Å². The Hall–Kier alpha value is -2.58. The number of nitrogens with zero attached hydrogens (tertiary/aromatic N) is 1. The molecule has 0 aliphatic carbocycles. The number of anilines is 2. The third-order valence-electron chi connectivity index (χ3n) is 6.81. The van der Waals surface area contributed by atoms with Gasteiger partial charge in [-0.05, 0) is 56.1 Å². The first-order valence-electron chi connectivity index (χ1n) is 10.4. The number of amides is 2. The molecule has 5 rings (SSSR count). The van der Waals surface area contributed by atoms with Crippen molar-refractivity contribution >= 4 is 39.1 Å². The number of benzene rings is 2. The van der Waals surface area contributed by atoms with Crippen LogP contribution in [0.5, 0.6) is 11.5 Å². The van der Waals surface area contributed by atoms with Gasteiger partial charge in [-0.3, -0.25) is 14.5 Å². The van der Waals surface area contributed by atoms with Gasteiger partial charge in [0.1, 0.15) is 17.0 Å². The summed E-state index contributed by atoms with van der Waals surface area (Å²) in [4.78, 5) is 29.4. The van der Waals surface area contributed by atoms with E-state index in [1.54, 1.807) is 32.4 Å². The van der Waals surface area contributed by atoms with Gasteiger partial charge in [0.05, 0.1) is 25.8 Å². The first-order valence-corrected chi connectivity index (χ1v) is 11.2. The fourth-order valence-corrected chi connectivity index (χ4v) is 5.89. The van der Waals surface area contributed by atoms with E-state index >= 15 is 0 Å². The van der Waals surface area contributed by atoms with Crippen LogP contribution in [0.1, 0.15) is 24.8 Å². The molecule has 0 saturated carbocycles. The second kappa shape index (κ2) is 7.53. The Kier molecular flexibility index (Phi) is 4.94. The maximum absolute atomic E-state index is 13.7. The van der Waals surface area contributed by atoms with E-state index in [-0.39, 0.29) is 17.9 Å². The highest BCUT2D eigenvalue weighted by molar-refractivity contribution is 9.10. The average molecular weight is 486 g/mol. The number of fused-ring (bicyclic) bond motifs is 4. The lowest BCUT2D eigenvalue weighted by atomic mass is 9.78. The topological polar surface area (TPSA) is 79.9 Å². The number of ether oxygens (including phenoxy) is 2. The second-order valence-electron chi connectivity index (χ2n) is 8.24. The number of rotatable bonds is 4. The molecule has 7 nitrogen and oxygen atoms in total. The summed E-state index contributed by atoms with van der Waals surface area (Å²) in [6, 6.07) is 11.3. The molecule has 1 spiro atoms. The summed E-state index contributed by atoms with van der Waals surface area (Å²) in [6.07, 6.45) is 2.66. The lowest BCUT2D eigenvalue weighted by Crippen LogP contribution is -2.53. The summed E-state index contributed by atoms with van der Waals surface area (Å²) >= 11 is 3.54. The normalized spacial score (nSPS) is 26.5. The smallest absolute Gasteiger partial charge is 0.250 e. The molecule has 2 fully saturated rings. The van der Waals surface area contributed by atoms with Gasteiger partial charge in [-0.1, -0.05) is 15.9 Å². The van der Waals surface area contributed by atoms with Crippen LogP contribution in [0.15, 0.2) is 40.9 Å². The lowest BCUT2D eigenvalue weighted by Gasteiger charge is -2.36. The molecule has 0 radical (unpaired) electrons. The van der Waals surface area contributed by atoms with Gasteiger partial charge in [-0.25, -0.2) is 0 Å². The Morgan fingerprint density at radius 2 is 2.06 bits per heavy atom. The van der Waals surface area contributed by atoms with Gasteiger partial charge in [0.2, 0.25) is 11.8 Å². The number of hydrogen-bond donors (Lipinski definition) is 2. The zero-order valence-corrected chi connectivity index (χ0v) is 19.0. The Bertz CT molecular complexity index is 1070. The van der Waals surface area contributed by atoms with Gasteiger partial charge in [-0.15, -0.1) is 0 Å². The van der Waals surface area contributed by atoms with Gasteiger partial charge >= 0.3 is 0 Å². The molecule has 3 unspecified atom stereocenters. The third-order valence-corrected chi connectivity index (χ3v) is 7.30. The molecule has 2 aromatic rings. The van der Waals surface area contributed by atoms with E-state index in [9.17, 15) is 9.59 Å². The summed E-state index contributed by atoms with van der Waals surface area (Å²) in [6.45, 7) is 0.802. The van der Waals surface area contributed by atoms with Crippen LogP contribution in [0.2, 0.25) is 0 Å². The maximum Gasteiger partial charge on any atom is 0.250 e. The molecule has 2 N–H and O–H groups in total. The van der Waals surface area contributed by atoms with Crippen LogP contribution in [0.3, 0.4) is 0 Å². The van der Waals surface area contributed by atoms with Crippen molar-refractivity contribution in [2.24, 2.45) is 5.92 Å². The van der Waals surface area contributed by atoms with E-state index in [4.69, 9.17) is 9.47 Å². The maximum atomic E-state index is 13.7. The van der Waals surface area contributed by atoms with Crippen molar-refractivity contribution in [3.63, 3.8) is 0 Å². The Balaban J connectivity index is 1.57. The fraction of sp³-hybridized carbons (Fsp3) is 0.391. The quantitative estimate of drug-likeness (QED) is 0.689. The molecular weight excluding hydrogens is 462 g/mol. The highest BCUT2D eigenvalue weighted by atomic mass is 79.9. The van der Waals surface area contributed by atoms with Crippen LogP contribution in [0, 0.1) is 5.92 Å². The highest BCUT2D eigenvalue weighted by Crippen LogP contribution is 2.56. The van der Waals surface area contributed by atoms with Gasteiger partial charge in [0.25, 0.3) is 0 Å². The van der Waals surface area contributed by atoms with Gasteiger partial charge < -0.3 is 20.1 Å². The highest BCUT2D eigenvalue weighted by Gasteiger charge is 2.65. The van der Waals surface area contributed by atoms with Crippen LogP contribution in [-0.4, -0.2) is 43.5 Å². The monoisotopic (exact) mass is 485 g/mol. The summed E-state index contributed by atoms with van der Waals surface area (Å²) in [5, 5.41) is 6.06. The third kappa shape index (κ3) is 2.96.